The van der Waals surface area contributed by atoms with Crippen LogP contribution in [0.15, 0.2) is 60.7 Å². The van der Waals surface area contributed by atoms with Gasteiger partial charge in [-0.15, -0.1) is 0 Å². The summed E-state index contributed by atoms with van der Waals surface area (Å²) in [6, 6.07) is 18.8. The van der Waals surface area contributed by atoms with Gasteiger partial charge in [0.1, 0.15) is 5.41 Å². The van der Waals surface area contributed by atoms with E-state index in [1.54, 1.807) is 0 Å². The minimum Gasteiger partial charge on any atom is -0.388 e. The third kappa shape index (κ3) is 8.92. The number of nitrogens with one attached hydrogen (secondary N) is 2. The zero-order valence-corrected chi connectivity index (χ0v) is 27.0. The minimum atomic E-state index is -1.23. The Bertz CT molecular complexity index is 1020. The number of rotatable bonds is 18. The third-order valence-corrected chi connectivity index (χ3v) is 9.53. The second kappa shape index (κ2) is 16.4. The molecule has 1 saturated carbocycles. The highest BCUT2D eigenvalue weighted by molar-refractivity contribution is 6.05. The molecule has 1 fully saturated rings. The Balaban J connectivity index is 1.94. The predicted molar refractivity (Wildman–Crippen MR) is 175 cm³/mol. The van der Waals surface area contributed by atoms with Gasteiger partial charge in [-0.25, -0.2) is 0 Å². The van der Waals surface area contributed by atoms with E-state index in [1.165, 1.54) is 0 Å². The van der Waals surface area contributed by atoms with Crippen LogP contribution in [0.4, 0.5) is 0 Å². The molecule has 2 amide bonds. The van der Waals surface area contributed by atoms with E-state index in [4.69, 9.17) is 0 Å². The van der Waals surface area contributed by atoms with Crippen LogP contribution in [0.3, 0.4) is 0 Å². The molecule has 2 aromatic carbocycles. The van der Waals surface area contributed by atoms with Crippen molar-refractivity contribution in [2.75, 3.05) is 0 Å². The van der Waals surface area contributed by atoms with Gasteiger partial charge >= 0.3 is 0 Å². The maximum Gasteiger partial charge on any atom is 0.236 e. The van der Waals surface area contributed by atoms with Gasteiger partial charge in [-0.2, -0.15) is 0 Å². The molecule has 0 bridgehead atoms. The van der Waals surface area contributed by atoms with E-state index in [2.05, 4.69) is 38.3 Å². The van der Waals surface area contributed by atoms with Crippen LogP contribution in [-0.2, 0) is 22.4 Å². The van der Waals surface area contributed by atoms with Crippen LogP contribution in [0.2, 0.25) is 0 Å². The molecule has 0 saturated heterocycles. The van der Waals surface area contributed by atoms with E-state index in [9.17, 15) is 19.8 Å². The fourth-order valence-electron chi connectivity index (χ4n) is 7.26. The van der Waals surface area contributed by atoms with Gasteiger partial charge in [0.05, 0.1) is 23.3 Å². The van der Waals surface area contributed by atoms with Crippen LogP contribution in [0.25, 0.3) is 0 Å². The molecular formula is C37H56N2O4. The Hall–Kier alpha value is -2.70. The zero-order chi connectivity index (χ0) is 31.3. The lowest BCUT2D eigenvalue weighted by atomic mass is 9.78. The second-order valence-corrected chi connectivity index (χ2v) is 12.9. The maximum atomic E-state index is 14.4. The molecule has 0 aromatic heterocycles. The van der Waals surface area contributed by atoms with Crippen molar-refractivity contribution < 1.29 is 19.8 Å². The number of carbonyl (C=O) groups is 2. The molecule has 6 nitrogen and oxygen atoms in total. The highest BCUT2D eigenvalue weighted by Crippen LogP contribution is 2.40. The largest absolute Gasteiger partial charge is 0.388 e. The summed E-state index contributed by atoms with van der Waals surface area (Å²) in [6.07, 6.45) is 8.90. The van der Waals surface area contributed by atoms with Crippen molar-refractivity contribution in [3.8, 4) is 0 Å². The van der Waals surface area contributed by atoms with Gasteiger partial charge in [-0.3, -0.25) is 9.59 Å². The first kappa shape index (κ1) is 34.8. The van der Waals surface area contributed by atoms with Crippen molar-refractivity contribution >= 4 is 11.8 Å². The number of amides is 2. The topological polar surface area (TPSA) is 98.7 Å². The fraction of sp³-hybridized carbons (Fsp3) is 0.622. The Morgan fingerprint density at radius 2 is 0.977 bits per heavy atom. The Kier molecular flexibility index (Phi) is 13.3. The van der Waals surface area contributed by atoms with E-state index >= 15 is 0 Å². The minimum absolute atomic E-state index is 0.304. The molecule has 43 heavy (non-hydrogen) atoms. The van der Waals surface area contributed by atoms with Crippen LogP contribution in [0.5, 0.6) is 0 Å². The number of benzene rings is 2. The fourth-order valence-corrected chi connectivity index (χ4v) is 7.26. The third-order valence-electron chi connectivity index (χ3n) is 9.53. The van der Waals surface area contributed by atoms with Gasteiger partial charge < -0.3 is 20.8 Å². The quantitative estimate of drug-likeness (QED) is 0.145. The van der Waals surface area contributed by atoms with Gasteiger partial charge in [-0.05, 0) is 62.5 Å². The molecule has 0 unspecified atom stereocenters. The van der Waals surface area contributed by atoms with Crippen molar-refractivity contribution in [2.24, 2.45) is 5.41 Å². The van der Waals surface area contributed by atoms with E-state index in [1.807, 2.05) is 60.7 Å². The molecule has 238 valence electrons. The molecule has 6 heteroatoms. The van der Waals surface area contributed by atoms with E-state index in [-0.39, 0.29) is 11.8 Å². The zero-order valence-electron chi connectivity index (χ0n) is 27.0. The average molecular weight is 593 g/mol. The number of aliphatic hydroxyl groups is 2. The van der Waals surface area contributed by atoms with Crippen LogP contribution >= 0.6 is 0 Å². The smallest absolute Gasteiger partial charge is 0.236 e. The first-order valence-electron chi connectivity index (χ1n) is 16.8. The van der Waals surface area contributed by atoms with Crippen molar-refractivity contribution in [1.82, 2.24) is 10.6 Å². The van der Waals surface area contributed by atoms with Crippen molar-refractivity contribution in [2.45, 2.75) is 141 Å². The van der Waals surface area contributed by atoms with Crippen LogP contribution in [-0.4, -0.2) is 45.3 Å². The lowest BCUT2D eigenvalue weighted by Gasteiger charge is -2.41. The summed E-state index contributed by atoms with van der Waals surface area (Å²) in [6.45, 7) is 8.20. The summed E-state index contributed by atoms with van der Waals surface area (Å²) < 4.78 is 0. The summed E-state index contributed by atoms with van der Waals surface area (Å²) in [7, 11) is 0. The van der Waals surface area contributed by atoms with Crippen LogP contribution in [0, 0.1) is 5.41 Å². The molecule has 0 aliphatic heterocycles. The maximum absolute atomic E-state index is 14.4. The monoisotopic (exact) mass is 592 g/mol. The van der Waals surface area contributed by atoms with Gasteiger partial charge in [0.25, 0.3) is 0 Å². The Morgan fingerprint density at radius 1 is 0.651 bits per heavy atom. The van der Waals surface area contributed by atoms with Crippen molar-refractivity contribution in [3.63, 3.8) is 0 Å². The summed E-state index contributed by atoms with van der Waals surface area (Å²) >= 11 is 0. The molecular weight excluding hydrogens is 536 g/mol. The van der Waals surface area contributed by atoms with E-state index < -0.39 is 28.7 Å². The van der Waals surface area contributed by atoms with Gasteiger partial charge in [0.2, 0.25) is 11.8 Å². The van der Waals surface area contributed by atoms with Crippen molar-refractivity contribution in [1.29, 1.82) is 0 Å². The van der Waals surface area contributed by atoms with Crippen molar-refractivity contribution in [3.05, 3.63) is 71.8 Å². The van der Waals surface area contributed by atoms with Gasteiger partial charge in [0.15, 0.2) is 0 Å². The Labute approximate surface area is 260 Å². The molecule has 0 radical (unpaired) electrons. The number of hydrogen-bond donors (Lipinski definition) is 4. The summed E-state index contributed by atoms with van der Waals surface area (Å²) in [5, 5.41) is 30.3. The standard InChI is InChI=1S/C37H56N2O4/c1-5-21-36(42,22-6-2)31(27-29-17-11-9-12-18-29)38-33(40)35(25-15-16-26-35)34(41)39-32(28-30-19-13-10-14-20-30)37(43,23-7-3)24-8-4/h9-14,17-20,31-32,42-43H,5-8,15-16,21-28H2,1-4H3,(H,38,40)(H,39,41)/t31-,32-/m1/s1. The SMILES string of the molecule is CCCC(O)(CCC)[C@@H](Cc1ccccc1)NC(=O)C1(C(=O)N[C@H](Cc2ccccc2)C(O)(CCC)CCC)CCCC1. The first-order chi connectivity index (χ1) is 20.7. The molecule has 2 aromatic rings. The molecule has 1 aliphatic rings. The van der Waals surface area contributed by atoms with E-state index in [0.717, 1.165) is 49.7 Å². The number of hydrogen-bond acceptors (Lipinski definition) is 4. The lowest BCUT2D eigenvalue weighted by molar-refractivity contribution is -0.147. The predicted octanol–water partition coefficient (Wildman–Crippen LogP) is 6.66. The highest BCUT2D eigenvalue weighted by atomic mass is 16.3. The van der Waals surface area contributed by atoms with Crippen LogP contribution in [0.1, 0.15) is 116 Å². The number of carbonyl (C=O) groups excluding carboxylic acids is 2. The Morgan fingerprint density at radius 3 is 1.28 bits per heavy atom. The molecule has 1 aliphatic carbocycles. The second-order valence-electron chi connectivity index (χ2n) is 12.9. The first-order valence-corrected chi connectivity index (χ1v) is 16.8. The summed E-state index contributed by atoms with van der Waals surface area (Å²) in [5.74, 6) is -0.607. The van der Waals surface area contributed by atoms with Gasteiger partial charge in [0, 0.05) is 0 Å². The molecule has 2 atom stereocenters. The summed E-state index contributed by atoms with van der Waals surface area (Å²) in [5.41, 5.74) is -1.32. The molecule has 3 rings (SSSR count). The van der Waals surface area contributed by atoms with Crippen LogP contribution < -0.4 is 10.6 Å². The lowest BCUT2D eigenvalue weighted by Crippen LogP contribution is -2.62. The molecule has 4 N–H and O–H groups in total. The molecule has 0 heterocycles. The van der Waals surface area contributed by atoms with Gasteiger partial charge in [-0.1, -0.05) is 127 Å². The normalized spacial score (nSPS) is 16.4. The molecule has 0 spiro atoms. The van der Waals surface area contributed by atoms with E-state index in [0.29, 0.717) is 51.4 Å². The summed E-state index contributed by atoms with van der Waals surface area (Å²) in [4.78, 5) is 28.7. The average Bonchev–Trinajstić information content (AvgIpc) is 3.50. The highest BCUT2D eigenvalue weighted by Gasteiger charge is 2.51.